The lowest BCUT2D eigenvalue weighted by Gasteiger charge is -2.27. The molecule has 0 bridgehead atoms. The molecule has 4 N–H and O–H groups in total. The largest absolute Gasteiger partial charge is 0.481 e. The third-order valence-electron chi connectivity index (χ3n) is 12.5. The number of carboxylic acids is 2. The van der Waals surface area contributed by atoms with E-state index in [2.05, 4.69) is 59.2 Å². The van der Waals surface area contributed by atoms with Gasteiger partial charge in [0.2, 0.25) is 0 Å². The fourth-order valence-electron chi connectivity index (χ4n) is 9.49. The number of ether oxygens (including phenoxy) is 2. The van der Waals surface area contributed by atoms with E-state index in [0.29, 0.717) is 25.7 Å². The molecule has 10 heteroatoms. The molecule has 4 aromatic carbocycles. The van der Waals surface area contributed by atoms with Gasteiger partial charge in [-0.25, -0.2) is 9.59 Å². The summed E-state index contributed by atoms with van der Waals surface area (Å²) in [7, 11) is 0. The van der Waals surface area contributed by atoms with Crippen LogP contribution in [0.4, 0.5) is 9.59 Å². The molecular formula is C48H54N2O8. The zero-order valence-corrected chi connectivity index (χ0v) is 32.9. The minimum absolute atomic E-state index is 0.000698. The lowest BCUT2D eigenvalue weighted by Crippen LogP contribution is -2.44. The fraction of sp³-hybridized carbons (Fsp3) is 0.417. The van der Waals surface area contributed by atoms with E-state index in [1.807, 2.05) is 48.5 Å². The van der Waals surface area contributed by atoms with Gasteiger partial charge in [-0.3, -0.25) is 9.59 Å². The van der Waals surface area contributed by atoms with Gasteiger partial charge in [0.25, 0.3) is 0 Å². The number of fused-ring (bicyclic) bond motifs is 6. The summed E-state index contributed by atoms with van der Waals surface area (Å²) in [6.45, 7) is 0.481. The number of alkyl carbamates (subject to hydrolysis) is 2. The zero-order valence-electron chi connectivity index (χ0n) is 32.9. The molecule has 0 radical (unpaired) electrons. The minimum atomic E-state index is -0.837. The third kappa shape index (κ3) is 9.38. The number of benzene rings is 4. The molecule has 4 aliphatic rings. The van der Waals surface area contributed by atoms with Crippen LogP contribution < -0.4 is 10.6 Å². The molecule has 58 heavy (non-hydrogen) atoms. The summed E-state index contributed by atoms with van der Waals surface area (Å²) in [4.78, 5) is 48.4. The Hall–Kier alpha value is -5.64. The second-order valence-electron chi connectivity index (χ2n) is 16.0. The molecule has 0 unspecified atom stereocenters. The molecule has 10 nitrogen and oxygen atoms in total. The van der Waals surface area contributed by atoms with Gasteiger partial charge < -0.3 is 30.3 Å². The van der Waals surface area contributed by atoms with Crippen LogP contribution in [0.3, 0.4) is 0 Å². The predicted molar refractivity (Wildman–Crippen MR) is 222 cm³/mol. The van der Waals surface area contributed by atoms with Gasteiger partial charge in [-0.15, -0.1) is 0 Å². The summed E-state index contributed by atoms with van der Waals surface area (Å²) in [5.41, 5.74) is 9.38. The quantitative estimate of drug-likeness (QED) is 0.138. The maximum Gasteiger partial charge on any atom is 0.407 e. The van der Waals surface area contributed by atoms with E-state index in [-0.39, 0.29) is 37.1 Å². The predicted octanol–water partition coefficient (Wildman–Crippen LogP) is 9.90. The number of carbonyl (C=O) groups excluding carboxylic acids is 2. The van der Waals surface area contributed by atoms with Crippen LogP contribution in [0.5, 0.6) is 0 Å². The van der Waals surface area contributed by atoms with Crippen molar-refractivity contribution in [3.05, 3.63) is 119 Å². The van der Waals surface area contributed by atoms with E-state index >= 15 is 0 Å². The summed E-state index contributed by atoms with van der Waals surface area (Å²) in [5.74, 6) is -2.76. The van der Waals surface area contributed by atoms with Crippen molar-refractivity contribution in [2.45, 2.75) is 101 Å². The molecule has 0 aliphatic heterocycles. The fourth-order valence-corrected chi connectivity index (χ4v) is 9.49. The topological polar surface area (TPSA) is 151 Å². The monoisotopic (exact) mass is 786 g/mol. The summed E-state index contributed by atoms with van der Waals surface area (Å²) < 4.78 is 11.2. The van der Waals surface area contributed by atoms with Gasteiger partial charge in [0.1, 0.15) is 13.2 Å². The summed E-state index contributed by atoms with van der Waals surface area (Å²) in [6, 6.07) is 32.1. The Morgan fingerprint density at radius 3 is 1.05 bits per heavy atom. The van der Waals surface area contributed by atoms with Crippen LogP contribution in [0, 0.1) is 11.8 Å². The molecule has 2 fully saturated rings. The number of rotatable bonds is 8. The maximum atomic E-state index is 12.5. The van der Waals surface area contributed by atoms with Crippen molar-refractivity contribution >= 4 is 24.1 Å². The number of hydrogen-bond acceptors (Lipinski definition) is 6. The van der Waals surface area contributed by atoms with Crippen molar-refractivity contribution in [2.24, 2.45) is 11.8 Å². The highest BCUT2D eigenvalue weighted by atomic mass is 16.6. The number of nitrogens with one attached hydrogen (secondary N) is 2. The molecule has 2 saturated carbocycles. The van der Waals surface area contributed by atoms with Gasteiger partial charge in [-0.2, -0.15) is 0 Å². The highest BCUT2D eigenvalue weighted by molar-refractivity contribution is 5.80. The lowest BCUT2D eigenvalue weighted by molar-refractivity contribution is -0.144. The first kappa shape index (κ1) is 40.6. The Bertz CT molecular complexity index is 1840. The Labute approximate surface area is 340 Å². The smallest absolute Gasteiger partial charge is 0.407 e. The lowest BCUT2D eigenvalue weighted by atomic mass is 9.87. The van der Waals surface area contributed by atoms with Crippen LogP contribution in [0.1, 0.15) is 111 Å². The molecule has 4 atom stereocenters. The second-order valence-corrected chi connectivity index (χ2v) is 16.0. The Morgan fingerprint density at radius 2 is 0.741 bits per heavy atom. The van der Waals surface area contributed by atoms with Gasteiger partial charge in [-0.1, -0.05) is 148 Å². The van der Waals surface area contributed by atoms with Crippen molar-refractivity contribution in [3.63, 3.8) is 0 Å². The third-order valence-corrected chi connectivity index (χ3v) is 12.5. The molecule has 0 spiro atoms. The molecule has 4 aromatic rings. The normalized spacial score (nSPS) is 21.4. The molecule has 8 rings (SSSR count). The Kier molecular flexibility index (Phi) is 13.4. The average molecular weight is 787 g/mol. The van der Waals surface area contributed by atoms with Crippen LogP contribution in [0.2, 0.25) is 0 Å². The number of carbonyl (C=O) groups is 4. The SMILES string of the molecule is O=C(N[C@@H]1CCCCCC[C@@H]1C(=O)O)OCC1c2ccccc2-c2ccccc21.O=C(N[C@H]1CCCCCC[C@H]1C(=O)O)OCC1c2ccccc2-c2ccccc21. The summed E-state index contributed by atoms with van der Waals surface area (Å²) in [5, 5.41) is 24.8. The standard InChI is InChI=1S/2C24H27NO4/c2*26-23(27)20-13-3-1-2-4-14-22(20)25-24(28)29-15-21-18-11-7-5-9-16(18)17-10-6-8-12-19(17)21/h2*5-12,20-22H,1-4,13-15H2,(H,25,28)(H,26,27)/t2*20-,22+/m10/s1. The Morgan fingerprint density at radius 1 is 0.448 bits per heavy atom. The number of aliphatic carboxylic acids is 2. The highest BCUT2D eigenvalue weighted by Gasteiger charge is 2.34. The van der Waals surface area contributed by atoms with E-state index in [1.165, 1.54) is 22.3 Å². The van der Waals surface area contributed by atoms with E-state index < -0.39 is 36.0 Å². The molecule has 0 aromatic heterocycles. The summed E-state index contributed by atoms with van der Waals surface area (Å²) in [6.07, 6.45) is 9.42. The van der Waals surface area contributed by atoms with Crippen LogP contribution in [-0.2, 0) is 19.1 Å². The first-order chi connectivity index (χ1) is 28.3. The van der Waals surface area contributed by atoms with Crippen LogP contribution in [-0.4, -0.2) is 59.6 Å². The Balaban J connectivity index is 0.000000177. The maximum absolute atomic E-state index is 12.5. The van der Waals surface area contributed by atoms with Crippen LogP contribution >= 0.6 is 0 Å². The van der Waals surface area contributed by atoms with Crippen molar-refractivity contribution in [3.8, 4) is 22.3 Å². The number of hydrogen-bond donors (Lipinski definition) is 4. The molecule has 0 saturated heterocycles. The summed E-state index contributed by atoms with van der Waals surface area (Å²) >= 11 is 0. The number of carboxylic acid groups (broad SMARTS) is 2. The van der Waals surface area contributed by atoms with Crippen molar-refractivity contribution in [2.75, 3.05) is 13.2 Å². The molecule has 304 valence electrons. The van der Waals surface area contributed by atoms with Crippen LogP contribution in [0.15, 0.2) is 97.1 Å². The zero-order chi connectivity index (χ0) is 40.4. The molecule has 0 heterocycles. The average Bonchev–Trinajstić information content (AvgIpc) is 3.70. The molecule has 4 aliphatic carbocycles. The molecular weight excluding hydrogens is 733 g/mol. The van der Waals surface area contributed by atoms with E-state index in [0.717, 1.165) is 73.6 Å². The molecule has 2 amide bonds. The van der Waals surface area contributed by atoms with E-state index in [4.69, 9.17) is 9.47 Å². The van der Waals surface area contributed by atoms with E-state index in [9.17, 15) is 29.4 Å². The van der Waals surface area contributed by atoms with Crippen molar-refractivity contribution in [1.29, 1.82) is 0 Å². The first-order valence-corrected chi connectivity index (χ1v) is 21.0. The first-order valence-electron chi connectivity index (χ1n) is 21.0. The second kappa shape index (κ2) is 19.2. The van der Waals surface area contributed by atoms with Crippen molar-refractivity contribution < 1.29 is 38.9 Å². The van der Waals surface area contributed by atoms with Crippen molar-refractivity contribution in [1.82, 2.24) is 10.6 Å². The van der Waals surface area contributed by atoms with Gasteiger partial charge >= 0.3 is 24.1 Å². The van der Waals surface area contributed by atoms with Gasteiger partial charge in [0, 0.05) is 23.9 Å². The van der Waals surface area contributed by atoms with Gasteiger partial charge in [-0.05, 0) is 70.2 Å². The minimum Gasteiger partial charge on any atom is -0.481 e. The highest BCUT2D eigenvalue weighted by Crippen LogP contribution is 2.45. The van der Waals surface area contributed by atoms with Gasteiger partial charge in [0.15, 0.2) is 0 Å². The van der Waals surface area contributed by atoms with E-state index in [1.54, 1.807) is 0 Å². The van der Waals surface area contributed by atoms with Gasteiger partial charge in [0.05, 0.1) is 11.8 Å². The number of amides is 2. The van der Waals surface area contributed by atoms with Crippen LogP contribution in [0.25, 0.3) is 22.3 Å².